The monoisotopic (exact) mass is 328 g/mol. The first-order chi connectivity index (χ1) is 11.2. The van der Waals surface area contributed by atoms with Crippen molar-refractivity contribution in [3.8, 4) is 0 Å². The number of hydrogen-bond acceptors (Lipinski definition) is 3. The Kier molecular flexibility index (Phi) is 12.3. The molecule has 4 heteroatoms. The fraction of sp³-hybridized carbons (Fsp3) is 0.947. The second kappa shape index (κ2) is 13.8. The van der Waals surface area contributed by atoms with Gasteiger partial charge in [-0.05, 0) is 25.7 Å². The molecule has 1 unspecified atom stereocenters. The smallest absolute Gasteiger partial charge is 0.305 e. The zero-order chi connectivity index (χ0) is 16.8. The van der Waals surface area contributed by atoms with Crippen LogP contribution in [0.25, 0.3) is 0 Å². The van der Waals surface area contributed by atoms with E-state index in [9.17, 15) is 4.79 Å². The SMILES string of the molecule is CCCCCCCCCCCC(CC(=O)O)O[C@@H]1CCCCO1. The van der Waals surface area contributed by atoms with Gasteiger partial charge in [0, 0.05) is 6.61 Å². The van der Waals surface area contributed by atoms with Crippen LogP contribution in [0, 0.1) is 0 Å². The molecule has 1 fully saturated rings. The van der Waals surface area contributed by atoms with Gasteiger partial charge in [0.15, 0.2) is 6.29 Å². The van der Waals surface area contributed by atoms with E-state index in [0.29, 0.717) is 0 Å². The number of aliphatic carboxylic acids is 1. The minimum Gasteiger partial charge on any atom is -0.481 e. The lowest BCUT2D eigenvalue weighted by Gasteiger charge is -2.27. The molecule has 1 aliphatic heterocycles. The molecule has 0 aromatic rings. The third-order valence-electron chi connectivity index (χ3n) is 4.51. The predicted molar refractivity (Wildman–Crippen MR) is 92.6 cm³/mol. The molecule has 2 atom stereocenters. The highest BCUT2D eigenvalue weighted by molar-refractivity contribution is 5.67. The van der Waals surface area contributed by atoms with Crippen molar-refractivity contribution < 1.29 is 19.4 Å². The van der Waals surface area contributed by atoms with Gasteiger partial charge in [-0.2, -0.15) is 0 Å². The quantitative estimate of drug-likeness (QED) is 0.440. The Morgan fingerprint density at radius 1 is 1.09 bits per heavy atom. The Bertz CT molecular complexity index is 287. The van der Waals surface area contributed by atoms with Crippen LogP contribution in [-0.2, 0) is 14.3 Å². The topological polar surface area (TPSA) is 55.8 Å². The number of unbranched alkanes of at least 4 members (excludes halogenated alkanes) is 8. The maximum absolute atomic E-state index is 11.0. The Morgan fingerprint density at radius 3 is 2.30 bits per heavy atom. The lowest BCUT2D eigenvalue weighted by Crippen LogP contribution is -2.29. The molecule has 0 aromatic heterocycles. The van der Waals surface area contributed by atoms with Gasteiger partial charge < -0.3 is 14.6 Å². The number of carboxylic acids is 1. The molecule has 4 nitrogen and oxygen atoms in total. The van der Waals surface area contributed by atoms with Crippen LogP contribution in [0.1, 0.15) is 96.8 Å². The molecule has 1 rings (SSSR count). The van der Waals surface area contributed by atoms with E-state index in [0.717, 1.165) is 38.7 Å². The van der Waals surface area contributed by atoms with Gasteiger partial charge in [0.1, 0.15) is 0 Å². The van der Waals surface area contributed by atoms with Gasteiger partial charge in [0.2, 0.25) is 0 Å². The standard InChI is InChI=1S/C19H36O4/c1-2-3-4-5-6-7-8-9-10-13-17(16-18(20)21)23-19-14-11-12-15-22-19/h17,19H,2-16H2,1H3,(H,20,21)/t17?,19-/m1/s1. The Balaban J connectivity index is 2.07. The predicted octanol–water partition coefficient (Wildman–Crippen LogP) is 5.29. The second-order valence-electron chi connectivity index (χ2n) is 6.77. The fourth-order valence-corrected chi connectivity index (χ4v) is 3.13. The molecule has 1 aliphatic rings. The van der Waals surface area contributed by atoms with Crippen LogP contribution in [0.2, 0.25) is 0 Å². The van der Waals surface area contributed by atoms with Crippen LogP contribution < -0.4 is 0 Å². The molecular formula is C19H36O4. The molecule has 0 bridgehead atoms. The summed E-state index contributed by atoms with van der Waals surface area (Å²) in [6.45, 7) is 2.98. The van der Waals surface area contributed by atoms with Crippen LogP contribution in [-0.4, -0.2) is 30.1 Å². The molecule has 0 aromatic carbocycles. The zero-order valence-corrected chi connectivity index (χ0v) is 14.9. The molecule has 1 heterocycles. The highest BCUT2D eigenvalue weighted by Crippen LogP contribution is 2.20. The summed E-state index contributed by atoms with van der Waals surface area (Å²) in [5.74, 6) is -0.776. The summed E-state index contributed by atoms with van der Waals surface area (Å²) >= 11 is 0. The average molecular weight is 328 g/mol. The van der Waals surface area contributed by atoms with E-state index in [1.54, 1.807) is 0 Å². The molecule has 136 valence electrons. The van der Waals surface area contributed by atoms with Crippen LogP contribution >= 0.6 is 0 Å². The van der Waals surface area contributed by atoms with E-state index in [1.165, 1.54) is 51.4 Å². The molecule has 0 amide bonds. The maximum atomic E-state index is 11.0. The summed E-state index contributed by atoms with van der Waals surface area (Å²) < 4.78 is 11.4. The highest BCUT2D eigenvalue weighted by atomic mass is 16.7. The van der Waals surface area contributed by atoms with Gasteiger partial charge in [0.25, 0.3) is 0 Å². The maximum Gasteiger partial charge on any atom is 0.305 e. The molecule has 23 heavy (non-hydrogen) atoms. The van der Waals surface area contributed by atoms with E-state index in [1.807, 2.05) is 0 Å². The molecule has 0 spiro atoms. The number of ether oxygens (including phenoxy) is 2. The molecule has 0 saturated carbocycles. The van der Waals surface area contributed by atoms with Gasteiger partial charge in [0.05, 0.1) is 12.5 Å². The van der Waals surface area contributed by atoms with Crippen molar-refractivity contribution in [2.75, 3.05) is 6.61 Å². The van der Waals surface area contributed by atoms with E-state index in [2.05, 4.69) is 6.92 Å². The molecular weight excluding hydrogens is 292 g/mol. The summed E-state index contributed by atoms with van der Waals surface area (Å²) in [4.78, 5) is 11.0. The van der Waals surface area contributed by atoms with E-state index in [-0.39, 0.29) is 18.8 Å². The van der Waals surface area contributed by atoms with Crippen molar-refractivity contribution in [2.45, 2.75) is 109 Å². The lowest BCUT2D eigenvalue weighted by molar-refractivity contribution is -0.193. The largest absolute Gasteiger partial charge is 0.481 e. The number of hydrogen-bond donors (Lipinski definition) is 1. The first-order valence-electron chi connectivity index (χ1n) is 9.71. The fourth-order valence-electron chi connectivity index (χ4n) is 3.13. The molecule has 1 saturated heterocycles. The zero-order valence-electron chi connectivity index (χ0n) is 14.9. The van der Waals surface area contributed by atoms with Crippen molar-refractivity contribution in [1.82, 2.24) is 0 Å². The van der Waals surface area contributed by atoms with E-state index >= 15 is 0 Å². The summed E-state index contributed by atoms with van der Waals surface area (Å²) in [5, 5.41) is 9.04. The van der Waals surface area contributed by atoms with Crippen LogP contribution in [0.4, 0.5) is 0 Å². The second-order valence-corrected chi connectivity index (χ2v) is 6.77. The third kappa shape index (κ3) is 11.5. The van der Waals surface area contributed by atoms with Crippen molar-refractivity contribution in [2.24, 2.45) is 0 Å². The molecule has 0 radical (unpaired) electrons. The number of carboxylic acid groups (broad SMARTS) is 1. The summed E-state index contributed by atoms with van der Waals surface area (Å²) in [6, 6.07) is 0. The summed E-state index contributed by atoms with van der Waals surface area (Å²) in [6.07, 6.45) is 15.2. The van der Waals surface area contributed by atoms with Crippen molar-refractivity contribution in [3.05, 3.63) is 0 Å². The van der Waals surface area contributed by atoms with Crippen LogP contribution in [0.3, 0.4) is 0 Å². The van der Waals surface area contributed by atoms with Gasteiger partial charge in [-0.15, -0.1) is 0 Å². The Labute approximate surface area is 141 Å². The Hall–Kier alpha value is -0.610. The van der Waals surface area contributed by atoms with E-state index in [4.69, 9.17) is 14.6 Å². The van der Waals surface area contributed by atoms with Crippen molar-refractivity contribution in [3.63, 3.8) is 0 Å². The van der Waals surface area contributed by atoms with Gasteiger partial charge in [-0.25, -0.2) is 0 Å². The number of carbonyl (C=O) groups is 1. The van der Waals surface area contributed by atoms with Gasteiger partial charge >= 0.3 is 5.97 Å². The van der Waals surface area contributed by atoms with Gasteiger partial charge in [-0.1, -0.05) is 64.7 Å². The minimum absolute atomic E-state index is 0.0941. The minimum atomic E-state index is -0.776. The van der Waals surface area contributed by atoms with Crippen LogP contribution in [0.5, 0.6) is 0 Å². The molecule has 0 aliphatic carbocycles. The van der Waals surface area contributed by atoms with Crippen molar-refractivity contribution >= 4 is 5.97 Å². The lowest BCUT2D eigenvalue weighted by atomic mass is 10.0. The summed E-state index contributed by atoms with van der Waals surface area (Å²) in [5.41, 5.74) is 0. The number of rotatable bonds is 14. The third-order valence-corrected chi connectivity index (χ3v) is 4.51. The van der Waals surface area contributed by atoms with Crippen molar-refractivity contribution in [1.29, 1.82) is 0 Å². The van der Waals surface area contributed by atoms with E-state index < -0.39 is 5.97 Å². The molecule has 1 N–H and O–H groups in total. The highest BCUT2D eigenvalue weighted by Gasteiger charge is 2.21. The normalized spacial score (nSPS) is 19.6. The first kappa shape index (κ1) is 20.4. The first-order valence-corrected chi connectivity index (χ1v) is 9.71. The summed E-state index contributed by atoms with van der Waals surface area (Å²) in [7, 11) is 0. The Morgan fingerprint density at radius 2 is 1.74 bits per heavy atom. The average Bonchev–Trinajstić information content (AvgIpc) is 2.53. The van der Waals surface area contributed by atoms with Crippen LogP contribution in [0.15, 0.2) is 0 Å². The van der Waals surface area contributed by atoms with Gasteiger partial charge in [-0.3, -0.25) is 4.79 Å².